The molecule has 0 spiro atoms. The van der Waals surface area contributed by atoms with Gasteiger partial charge in [0, 0.05) is 6.20 Å². The Kier molecular flexibility index (Phi) is 7.57. The first-order valence-electron chi connectivity index (χ1n) is 12.2. The summed E-state index contributed by atoms with van der Waals surface area (Å²) in [7, 11) is 0. The number of hydrogen-bond acceptors (Lipinski definition) is 2. The fourth-order valence-electron chi connectivity index (χ4n) is 4.55. The fourth-order valence-corrected chi connectivity index (χ4v) is 5.75. The van der Waals surface area contributed by atoms with Gasteiger partial charge in [0.05, 0.1) is 17.6 Å². The molecule has 3 heterocycles. The Morgan fingerprint density at radius 1 is 0.919 bits per heavy atom. The second-order valence-electron chi connectivity index (χ2n) is 9.21. The van der Waals surface area contributed by atoms with Crippen molar-refractivity contribution >= 4 is 33.6 Å². The molecular formula is C32H25IrN3S+. The average Bonchev–Trinajstić information content (AvgIpc) is 3.29. The van der Waals surface area contributed by atoms with Gasteiger partial charge >= 0.3 is 20.1 Å². The van der Waals surface area contributed by atoms with Crippen molar-refractivity contribution in [3.63, 3.8) is 0 Å². The van der Waals surface area contributed by atoms with E-state index >= 15 is 0 Å². The Bertz CT molecular complexity index is 1620. The zero-order chi connectivity index (χ0) is 24.5. The van der Waals surface area contributed by atoms with Gasteiger partial charge in [-0.3, -0.25) is 0 Å². The molecule has 0 fully saturated rings. The van der Waals surface area contributed by atoms with Crippen molar-refractivity contribution in [3.05, 3.63) is 116 Å². The Morgan fingerprint density at radius 2 is 1.76 bits per heavy atom. The van der Waals surface area contributed by atoms with Gasteiger partial charge in [-0.15, -0.1) is 52.7 Å². The predicted octanol–water partition coefficient (Wildman–Crippen LogP) is 7.34. The normalized spacial score (nSPS) is 11.5. The van der Waals surface area contributed by atoms with Gasteiger partial charge in [-0.1, -0.05) is 67.3 Å². The summed E-state index contributed by atoms with van der Waals surface area (Å²) in [6.45, 7) is 5.46. The van der Waals surface area contributed by atoms with Crippen molar-refractivity contribution in [3.8, 4) is 16.9 Å². The molecule has 0 radical (unpaired) electrons. The maximum Gasteiger partial charge on any atom is 3.00 e. The number of hydrogen-bond donors (Lipinski definition) is 0. The maximum absolute atomic E-state index is 4.22. The smallest absolute Gasteiger partial charge is 0.340 e. The summed E-state index contributed by atoms with van der Waals surface area (Å²) in [5.41, 5.74) is 5.63. The maximum atomic E-state index is 4.22. The summed E-state index contributed by atoms with van der Waals surface area (Å²) in [4.78, 5) is 6.79. The number of para-hydroxylation sites is 1. The number of fused-ring (bicyclic) bond motifs is 4. The van der Waals surface area contributed by atoms with Crippen molar-refractivity contribution in [1.29, 1.82) is 0 Å². The molecule has 0 amide bonds. The van der Waals surface area contributed by atoms with E-state index in [1.54, 1.807) is 6.20 Å². The third-order valence-corrected chi connectivity index (χ3v) is 7.30. The monoisotopic (exact) mass is 676 g/mol. The minimum Gasteiger partial charge on any atom is -0.340 e. The van der Waals surface area contributed by atoms with Gasteiger partial charge in [0.25, 0.3) is 0 Å². The van der Waals surface area contributed by atoms with E-state index in [2.05, 4.69) is 95.0 Å². The van der Waals surface area contributed by atoms with Crippen molar-refractivity contribution in [2.45, 2.75) is 30.2 Å². The minimum absolute atomic E-state index is 0. The van der Waals surface area contributed by atoms with E-state index < -0.39 is 0 Å². The molecule has 4 aromatic carbocycles. The zero-order valence-corrected chi connectivity index (χ0v) is 23.8. The van der Waals surface area contributed by atoms with Crippen LogP contribution in [0.25, 0.3) is 38.8 Å². The number of imidazole rings is 1. The fraction of sp³-hybridized carbons (Fsp3) is 0.125. The van der Waals surface area contributed by atoms with Crippen LogP contribution in [0.5, 0.6) is 0 Å². The quantitative estimate of drug-likeness (QED) is 0.145. The van der Waals surface area contributed by atoms with E-state index in [1.807, 2.05) is 54.2 Å². The molecule has 37 heavy (non-hydrogen) atoms. The van der Waals surface area contributed by atoms with Gasteiger partial charge in [-0.25, -0.2) is 0 Å². The van der Waals surface area contributed by atoms with Crippen LogP contribution in [0.3, 0.4) is 0 Å². The zero-order valence-electron chi connectivity index (χ0n) is 20.6. The van der Waals surface area contributed by atoms with E-state index in [0.717, 1.165) is 23.5 Å². The molecule has 6 aromatic rings. The first-order valence-corrected chi connectivity index (χ1v) is 13.0. The van der Waals surface area contributed by atoms with E-state index in [1.165, 1.54) is 31.6 Å². The van der Waals surface area contributed by atoms with Crippen molar-refractivity contribution in [2.75, 3.05) is 0 Å². The molecule has 2 aromatic heterocycles. The molecule has 3 nitrogen and oxygen atoms in total. The summed E-state index contributed by atoms with van der Waals surface area (Å²) < 4.78 is 4.45. The van der Waals surface area contributed by atoms with Crippen LogP contribution in [-0.2, 0) is 26.7 Å². The van der Waals surface area contributed by atoms with Gasteiger partial charge in [0.1, 0.15) is 0 Å². The van der Waals surface area contributed by atoms with Crippen molar-refractivity contribution in [2.24, 2.45) is 5.92 Å². The molecule has 1 aliphatic heterocycles. The first kappa shape index (κ1) is 25.4. The van der Waals surface area contributed by atoms with Crippen LogP contribution in [0.2, 0.25) is 0 Å². The number of rotatable bonds is 3. The Labute approximate surface area is 235 Å². The van der Waals surface area contributed by atoms with Crippen LogP contribution < -0.4 is 4.57 Å². The van der Waals surface area contributed by atoms with E-state index in [-0.39, 0.29) is 20.1 Å². The number of pyridine rings is 1. The molecule has 7 rings (SSSR count). The summed E-state index contributed by atoms with van der Waals surface area (Å²) in [5.74, 6) is 0.586. The second kappa shape index (κ2) is 11.0. The minimum atomic E-state index is 0. The molecule has 0 bridgehead atoms. The summed E-state index contributed by atoms with van der Waals surface area (Å²) >= 11 is 1.85. The topological polar surface area (TPSA) is 21.7 Å². The molecule has 5 heteroatoms. The van der Waals surface area contributed by atoms with Gasteiger partial charge in [-0.05, 0) is 28.3 Å². The summed E-state index contributed by atoms with van der Waals surface area (Å²) in [5, 5.41) is 2.53. The number of nitrogens with zero attached hydrogens (tertiary/aromatic N) is 3. The second-order valence-corrected chi connectivity index (χ2v) is 10.3. The Morgan fingerprint density at radius 3 is 2.54 bits per heavy atom. The van der Waals surface area contributed by atoms with Crippen molar-refractivity contribution in [1.82, 2.24) is 9.55 Å². The van der Waals surface area contributed by atoms with Crippen LogP contribution >= 0.6 is 11.8 Å². The molecule has 0 saturated carbocycles. The van der Waals surface area contributed by atoms with Crippen LogP contribution in [0, 0.1) is 24.4 Å². The number of aromatic nitrogens is 3. The van der Waals surface area contributed by atoms with Crippen LogP contribution in [0.4, 0.5) is 0 Å². The van der Waals surface area contributed by atoms with Crippen molar-refractivity contribution < 1.29 is 24.7 Å². The molecule has 0 N–H and O–H groups in total. The van der Waals surface area contributed by atoms with Crippen LogP contribution in [-0.4, -0.2) is 9.55 Å². The third-order valence-electron chi connectivity index (χ3n) is 6.13. The SMILES string of the molecule is CC(C)Cn1[c-][n+]2c3c(cccc31)Sc1c-2[c-]cc2ccccc12.[Ir+3].[c-]1ccccc1-c1ccccn1. The molecule has 0 unspecified atom stereocenters. The molecule has 1 aliphatic rings. The summed E-state index contributed by atoms with van der Waals surface area (Å²) in [6.07, 6.45) is 5.36. The van der Waals surface area contributed by atoms with Gasteiger partial charge in [-0.2, -0.15) is 23.9 Å². The molecular weight excluding hydrogens is 651 g/mol. The molecule has 182 valence electrons. The largest absolute Gasteiger partial charge is 3.00 e. The summed E-state index contributed by atoms with van der Waals surface area (Å²) in [6, 6.07) is 37.5. The standard InChI is InChI=1S/C21H17N2S.C11H8N.Ir/c1-14(2)12-22-13-23-18-11-10-15-6-3-4-7-16(15)21(18)24-19-9-5-8-17(22)20(19)23;1-2-6-10(7-3-1)11-8-4-5-9-12-11;/h3-10,14H,12H2,1-2H3;1-6,8-9H;/q2*-1;+3. The molecule has 0 atom stereocenters. The van der Waals surface area contributed by atoms with Gasteiger partial charge in [0.15, 0.2) is 0 Å². The predicted molar refractivity (Wildman–Crippen MR) is 146 cm³/mol. The molecule has 0 aliphatic carbocycles. The third kappa shape index (κ3) is 5.00. The van der Waals surface area contributed by atoms with Gasteiger partial charge < -0.3 is 14.1 Å². The van der Waals surface area contributed by atoms with E-state index in [0.29, 0.717) is 5.92 Å². The van der Waals surface area contributed by atoms with Crippen LogP contribution in [0.15, 0.2) is 107 Å². The first-order chi connectivity index (χ1) is 17.7. The van der Waals surface area contributed by atoms with E-state index in [4.69, 9.17) is 0 Å². The average molecular weight is 676 g/mol. The van der Waals surface area contributed by atoms with Crippen LogP contribution in [0.1, 0.15) is 13.8 Å². The molecule has 0 saturated heterocycles. The van der Waals surface area contributed by atoms with Gasteiger partial charge in [0.2, 0.25) is 6.33 Å². The van der Waals surface area contributed by atoms with E-state index in [9.17, 15) is 0 Å². The Balaban J connectivity index is 0.000000183. The Hall–Kier alpha value is -3.24. The number of benzene rings is 4.